The highest BCUT2D eigenvalue weighted by Crippen LogP contribution is 2.41. The van der Waals surface area contributed by atoms with Crippen LogP contribution in [0.1, 0.15) is 25.3 Å². The van der Waals surface area contributed by atoms with Gasteiger partial charge >= 0.3 is 0 Å². The summed E-state index contributed by atoms with van der Waals surface area (Å²) >= 11 is 1.89. The normalized spacial score (nSPS) is 11.7. The van der Waals surface area contributed by atoms with E-state index in [0.29, 0.717) is 0 Å². The second-order valence-electron chi connectivity index (χ2n) is 9.99. The van der Waals surface area contributed by atoms with Gasteiger partial charge in [-0.2, -0.15) is 0 Å². The van der Waals surface area contributed by atoms with Crippen molar-refractivity contribution in [2.75, 3.05) is 0 Å². The molecule has 1 heteroatoms. The third-order valence-corrected chi connectivity index (χ3v) is 8.88. The molecule has 6 aromatic carbocycles. The molecule has 7 rings (SSSR count). The van der Waals surface area contributed by atoms with Crippen LogP contribution >= 0.6 is 11.3 Å². The van der Waals surface area contributed by atoms with E-state index in [4.69, 9.17) is 0 Å². The molecule has 0 N–H and O–H groups in total. The van der Waals surface area contributed by atoms with Gasteiger partial charge in [0.2, 0.25) is 0 Å². The third kappa shape index (κ3) is 3.82. The van der Waals surface area contributed by atoms with Gasteiger partial charge in [-0.3, -0.25) is 0 Å². The Morgan fingerprint density at radius 1 is 0.541 bits per heavy atom. The van der Waals surface area contributed by atoms with Crippen LogP contribution in [0.2, 0.25) is 0 Å². The number of hydrogen-bond acceptors (Lipinski definition) is 1. The average molecular weight is 493 g/mol. The predicted molar refractivity (Wildman–Crippen MR) is 164 cm³/mol. The van der Waals surface area contributed by atoms with E-state index in [1.807, 2.05) is 11.3 Å². The number of aryl methyl sites for hydroxylation is 1. The molecule has 0 bridgehead atoms. The fraction of sp³-hybridized carbons (Fsp3) is 0.111. The van der Waals surface area contributed by atoms with Gasteiger partial charge in [0.1, 0.15) is 0 Å². The van der Waals surface area contributed by atoms with Crippen LogP contribution < -0.4 is 0 Å². The Balaban J connectivity index is 1.34. The van der Waals surface area contributed by atoms with Crippen LogP contribution in [0.15, 0.2) is 115 Å². The number of fused-ring (bicyclic) bond motifs is 6. The number of rotatable bonds is 5. The van der Waals surface area contributed by atoms with Crippen LogP contribution in [-0.4, -0.2) is 0 Å². The van der Waals surface area contributed by atoms with Crippen LogP contribution in [0.4, 0.5) is 0 Å². The minimum Gasteiger partial charge on any atom is -0.135 e. The Hall–Kier alpha value is -3.94. The SMILES string of the molecule is CCCCc1ccc2cc(-c3ccc(-c4cccc5c4sc4ccccc45)cc3)c3ccccc3c2c1. The lowest BCUT2D eigenvalue weighted by Gasteiger charge is -2.13. The molecule has 0 fully saturated rings. The number of hydrogen-bond donors (Lipinski definition) is 0. The highest BCUT2D eigenvalue weighted by atomic mass is 32.1. The molecule has 1 aromatic heterocycles. The summed E-state index contributed by atoms with van der Waals surface area (Å²) < 4.78 is 2.72. The van der Waals surface area contributed by atoms with E-state index < -0.39 is 0 Å². The molecule has 0 amide bonds. The van der Waals surface area contributed by atoms with Crippen molar-refractivity contribution in [3.63, 3.8) is 0 Å². The van der Waals surface area contributed by atoms with Crippen molar-refractivity contribution in [1.82, 2.24) is 0 Å². The lowest BCUT2D eigenvalue weighted by Crippen LogP contribution is -1.88. The summed E-state index contributed by atoms with van der Waals surface area (Å²) in [5, 5.41) is 8.03. The van der Waals surface area contributed by atoms with E-state index in [2.05, 4.69) is 122 Å². The Bertz CT molecular complexity index is 1900. The summed E-state index contributed by atoms with van der Waals surface area (Å²) in [7, 11) is 0. The summed E-state index contributed by atoms with van der Waals surface area (Å²) in [5.41, 5.74) is 6.59. The molecule has 0 unspecified atom stereocenters. The van der Waals surface area contributed by atoms with E-state index in [1.54, 1.807) is 0 Å². The summed E-state index contributed by atoms with van der Waals surface area (Å²) in [5.74, 6) is 0. The Morgan fingerprint density at radius 3 is 2.05 bits per heavy atom. The molecule has 0 aliphatic carbocycles. The maximum atomic E-state index is 2.41. The second kappa shape index (κ2) is 9.18. The van der Waals surface area contributed by atoms with Crippen molar-refractivity contribution in [3.8, 4) is 22.3 Å². The predicted octanol–water partition coefficient (Wildman–Crippen LogP) is 11.0. The Morgan fingerprint density at radius 2 is 1.24 bits per heavy atom. The first-order valence-electron chi connectivity index (χ1n) is 13.3. The van der Waals surface area contributed by atoms with Crippen molar-refractivity contribution in [1.29, 1.82) is 0 Å². The summed E-state index contributed by atoms with van der Waals surface area (Å²) in [4.78, 5) is 0. The maximum absolute atomic E-state index is 2.41. The molecule has 178 valence electrons. The van der Waals surface area contributed by atoms with Crippen LogP contribution in [0.3, 0.4) is 0 Å². The molecule has 0 radical (unpaired) electrons. The Labute approximate surface area is 221 Å². The van der Waals surface area contributed by atoms with Crippen molar-refractivity contribution < 1.29 is 0 Å². The zero-order chi connectivity index (χ0) is 24.8. The van der Waals surface area contributed by atoms with Crippen LogP contribution in [0.5, 0.6) is 0 Å². The van der Waals surface area contributed by atoms with Gasteiger partial charge in [-0.25, -0.2) is 0 Å². The number of unbranched alkanes of at least 4 members (excludes halogenated alkanes) is 1. The lowest BCUT2D eigenvalue weighted by atomic mass is 9.91. The summed E-state index contributed by atoms with van der Waals surface area (Å²) in [6, 6.07) is 42.9. The molecule has 0 atom stereocenters. The Kier molecular flexibility index (Phi) is 5.52. The highest BCUT2D eigenvalue weighted by Gasteiger charge is 2.12. The molecule has 37 heavy (non-hydrogen) atoms. The summed E-state index contributed by atoms with van der Waals surface area (Å²) in [6.07, 6.45) is 3.62. The molecule has 0 saturated heterocycles. The first kappa shape index (κ1) is 22.3. The third-order valence-electron chi connectivity index (χ3n) is 7.66. The van der Waals surface area contributed by atoms with Crippen molar-refractivity contribution >= 4 is 53.1 Å². The van der Waals surface area contributed by atoms with Gasteiger partial charge in [0, 0.05) is 20.2 Å². The molecule has 7 aromatic rings. The summed E-state index contributed by atoms with van der Waals surface area (Å²) in [6.45, 7) is 2.26. The largest absolute Gasteiger partial charge is 0.135 e. The monoisotopic (exact) mass is 492 g/mol. The van der Waals surface area contributed by atoms with Gasteiger partial charge in [-0.1, -0.05) is 116 Å². The van der Waals surface area contributed by atoms with Crippen LogP contribution in [0, 0.1) is 0 Å². The smallest absolute Gasteiger partial charge is 0.0433 e. The first-order chi connectivity index (χ1) is 18.3. The maximum Gasteiger partial charge on any atom is 0.0433 e. The average Bonchev–Trinajstić information content (AvgIpc) is 3.35. The van der Waals surface area contributed by atoms with Crippen molar-refractivity contribution in [2.24, 2.45) is 0 Å². The molecule has 1 heterocycles. The fourth-order valence-corrected chi connectivity index (χ4v) is 6.97. The quantitative estimate of drug-likeness (QED) is 0.210. The number of benzene rings is 6. The van der Waals surface area contributed by atoms with E-state index in [1.165, 1.54) is 82.4 Å². The molecule has 0 nitrogen and oxygen atoms in total. The zero-order valence-corrected chi connectivity index (χ0v) is 21.8. The molecular weight excluding hydrogens is 464 g/mol. The number of thiophene rings is 1. The van der Waals surface area contributed by atoms with Gasteiger partial charge in [0.25, 0.3) is 0 Å². The minimum absolute atomic E-state index is 1.15. The van der Waals surface area contributed by atoms with Gasteiger partial charge in [0.15, 0.2) is 0 Å². The van der Waals surface area contributed by atoms with Crippen molar-refractivity contribution in [3.05, 3.63) is 121 Å². The zero-order valence-electron chi connectivity index (χ0n) is 21.0. The van der Waals surface area contributed by atoms with Gasteiger partial charge < -0.3 is 0 Å². The van der Waals surface area contributed by atoms with E-state index >= 15 is 0 Å². The topological polar surface area (TPSA) is 0 Å². The fourth-order valence-electron chi connectivity index (χ4n) is 5.73. The van der Waals surface area contributed by atoms with Crippen LogP contribution in [-0.2, 0) is 6.42 Å². The van der Waals surface area contributed by atoms with E-state index in [-0.39, 0.29) is 0 Å². The molecule has 0 saturated carbocycles. The van der Waals surface area contributed by atoms with Crippen molar-refractivity contribution in [2.45, 2.75) is 26.2 Å². The molecule has 0 aliphatic rings. The van der Waals surface area contributed by atoms with Gasteiger partial charge in [0.05, 0.1) is 0 Å². The standard InChI is InChI=1S/C36H28S/c1-2-3-9-24-16-17-27-23-34(30-11-5-4-10-29(30)33(27)22-24)26-20-18-25(19-21-26)28-13-8-14-32-31-12-6-7-15-35(31)37-36(28)32/h4-8,10-23H,2-3,9H2,1H3. The second-order valence-corrected chi connectivity index (χ2v) is 11.0. The molecular formula is C36H28S. The molecule has 0 spiro atoms. The molecule has 0 aliphatic heterocycles. The lowest BCUT2D eigenvalue weighted by molar-refractivity contribution is 0.796. The van der Waals surface area contributed by atoms with E-state index in [0.717, 1.165) is 6.42 Å². The highest BCUT2D eigenvalue weighted by molar-refractivity contribution is 7.26. The van der Waals surface area contributed by atoms with E-state index in [9.17, 15) is 0 Å². The first-order valence-corrected chi connectivity index (χ1v) is 14.1. The van der Waals surface area contributed by atoms with Gasteiger partial charge in [-0.05, 0) is 74.3 Å². The van der Waals surface area contributed by atoms with Gasteiger partial charge in [-0.15, -0.1) is 11.3 Å². The minimum atomic E-state index is 1.15. The van der Waals surface area contributed by atoms with Crippen LogP contribution in [0.25, 0.3) is 64.0 Å².